The molecule has 3 rings (SSSR count). The molecular weight excluding hydrogens is 278 g/mol. The monoisotopic (exact) mass is 295 g/mol. The molecule has 0 radical (unpaired) electrons. The van der Waals surface area contributed by atoms with Gasteiger partial charge >= 0.3 is 0 Å². The molecule has 0 saturated heterocycles. The number of rotatable bonds is 2. The van der Waals surface area contributed by atoms with E-state index in [0.29, 0.717) is 11.4 Å². The van der Waals surface area contributed by atoms with Gasteiger partial charge in [-0.3, -0.25) is 4.79 Å². The number of benzene rings is 2. The minimum Gasteiger partial charge on any atom is -0.508 e. The number of nitrogens with one attached hydrogen (secondary N) is 1. The third-order valence-corrected chi connectivity index (χ3v) is 3.66. The summed E-state index contributed by atoms with van der Waals surface area (Å²) >= 11 is 0. The molecule has 22 heavy (non-hydrogen) atoms. The maximum atomic E-state index is 11.4. The first-order valence-electron chi connectivity index (χ1n) is 7.08. The van der Waals surface area contributed by atoms with E-state index in [2.05, 4.69) is 5.32 Å². The Morgan fingerprint density at radius 1 is 1.14 bits per heavy atom. The predicted octanol–water partition coefficient (Wildman–Crippen LogP) is 3.51. The zero-order valence-corrected chi connectivity index (χ0v) is 12.5. The van der Waals surface area contributed by atoms with Crippen molar-refractivity contribution in [1.29, 1.82) is 0 Å². The molecular formula is C18H17NO3. The molecule has 2 N–H and O–H groups in total. The van der Waals surface area contributed by atoms with Gasteiger partial charge < -0.3 is 15.2 Å². The molecule has 112 valence electrons. The summed E-state index contributed by atoms with van der Waals surface area (Å²) in [6.07, 6.45) is 3.99. The first-order valence-corrected chi connectivity index (χ1v) is 7.08. The number of fused-ring (bicyclic) bond motifs is 1. The smallest absolute Gasteiger partial charge is 0.262 e. The quantitative estimate of drug-likeness (QED) is 0.834. The van der Waals surface area contributed by atoms with Crippen LogP contribution in [0, 0.1) is 13.8 Å². The first-order chi connectivity index (χ1) is 10.5. The van der Waals surface area contributed by atoms with Crippen molar-refractivity contribution < 1.29 is 14.6 Å². The normalized spacial score (nSPS) is 13.6. The van der Waals surface area contributed by atoms with E-state index in [1.807, 2.05) is 44.2 Å². The summed E-state index contributed by atoms with van der Waals surface area (Å²) in [7, 11) is 0. The van der Waals surface area contributed by atoms with Gasteiger partial charge in [-0.25, -0.2) is 0 Å². The van der Waals surface area contributed by atoms with Crippen LogP contribution in [0.4, 0.5) is 5.69 Å². The van der Waals surface area contributed by atoms with Gasteiger partial charge in [0.25, 0.3) is 5.91 Å². The van der Waals surface area contributed by atoms with Gasteiger partial charge in [0.1, 0.15) is 11.5 Å². The molecule has 4 heteroatoms. The lowest BCUT2D eigenvalue weighted by Gasteiger charge is -2.17. The lowest BCUT2D eigenvalue weighted by atomic mass is 10.0. The molecule has 1 aliphatic heterocycles. The molecule has 2 aromatic rings. The lowest BCUT2D eigenvalue weighted by molar-refractivity contribution is -0.118. The number of carbonyl (C=O) groups is 1. The number of aromatic hydroxyl groups is 1. The van der Waals surface area contributed by atoms with Crippen molar-refractivity contribution in [2.45, 2.75) is 13.8 Å². The third-order valence-electron chi connectivity index (χ3n) is 3.66. The number of ether oxygens (including phenoxy) is 1. The van der Waals surface area contributed by atoms with Gasteiger partial charge in [0.05, 0.1) is 5.69 Å². The van der Waals surface area contributed by atoms with Gasteiger partial charge in [-0.05, 0) is 60.4 Å². The molecule has 1 heterocycles. The van der Waals surface area contributed by atoms with Gasteiger partial charge in [0.15, 0.2) is 6.61 Å². The standard InChI is InChI=1S/C18H17NO3/c1-11-7-14(20)8-12(2)15(11)5-3-13-4-6-17-16(9-13)19-18(21)10-22-17/h3-9,20H,10H2,1-2H3,(H,19,21). The van der Waals surface area contributed by atoms with E-state index in [1.54, 1.807) is 12.1 Å². The fourth-order valence-corrected chi connectivity index (χ4v) is 2.60. The van der Waals surface area contributed by atoms with Crippen LogP contribution in [0.1, 0.15) is 22.3 Å². The van der Waals surface area contributed by atoms with E-state index in [1.165, 1.54) is 0 Å². The zero-order valence-electron chi connectivity index (χ0n) is 12.5. The Balaban J connectivity index is 1.90. The van der Waals surface area contributed by atoms with Crippen molar-refractivity contribution in [3.8, 4) is 11.5 Å². The molecule has 0 aliphatic carbocycles. The second kappa shape index (κ2) is 5.56. The largest absolute Gasteiger partial charge is 0.508 e. The van der Waals surface area contributed by atoms with Crippen molar-refractivity contribution in [1.82, 2.24) is 0 Å². The Morgan fingerprint density at radius 3 is 2.59 bits per heavy atom. The Kier molecular flexibility index (Phi) is 3.59. The second-order valence-corrected chi connectivity index (χ2v) is 5.42. The summed E-state index contributed by atoms with van der Waals surface area (Å²) < 4.78 is 5.34. The van der Waals surface area contributed by atoms with E-state index >= 15 is 0 Å². The van der Waals surface area contributed by atoms with Crippen LogP contribution in [0.25, 0.3) is 12.2 Å². The number of anilines is 1. The third kappa shape index (κ3) is 2.81. The van der Waals surface area contributed by atoms with Gasteiger partial charge in [-0.2, -0.15) is 0 Å². The minimum absolute atomic E-state index is 0.0636. The highest BCUT2D eigenvalue weighted by Gasteiger charge is 2.15. The first kappa shape index (κ1) is 14.2. The maximum absolute atomic E-state index is 11.4. The molecule has 1 amide bonds. The maximum Gasteiger partial charge on any atom is 0.262 e. The van der Waals surface area contributed by atoms with Crippen molar-refractivity contribution in [2.75, 3.05) is 11.9 Å². The van der Waals surface area contributed by atoms with Crippen molar-refractivity contribution in [3.63, 3.8) is 0 Å². The number of phenols is 1. The summed E-state index contributed by atoms with van der Waals surface area (Å²) in [6.45, 7) is 3.99. The molecule has 0 saturated carbocycles. The van der Waals surface area contributed by atoms with E-state index in [-0.39, 0.29) is 18.3 Å². The fraction of sp³-hybridized carbons (Fsp3) is 0.167. The predicted molar refractivity (Wildman–Crippen MR) is 87.1 cm³/mol. The van der Waals surface area contributed by atoms with Crippen LogP contribution in [0.5, 0.6) is 11.5 Å². The zero-order chi connectivity index (χ0) is 15.7. The average Bonchev–Trinajstić information content (AvgIpc) is 2.45. The Morgan fingerprint density at radius 2 is 1.86 bits per heavy atom. The molecule has 0 spiro atoms. The topological polar surface area (TPSA) is 58.6 Å². The van der Waals surface area contributed by atoms with Crippen LogP contribution in [0.15, 0.2) is 30.3 Å². The van der Waals surface area contributed by atoms with Gasteiger partial charge in [-0.15, -0.1) is 0 Å². The van der Waals surface area contributed by atoms with E-state index in [4.69, 9.17) is 4.74 Å². The number of hydrogen-bond acceptors (Lipinski definition) is 3. The SMILES string of the molecule is Cc1cc(O)cc(C)c1C=Cc1ccc2c(c1)NC(=O)CO2. The Bertz CT molecular complexity index is 755. The summed E-state index contributed by atoms with van der Waals surface area (Å²) in [6, 6.07) is 9.16. The average molecular weight is 295 g/mol. The summed E-state index contributed by atoms with van der Waals surface area (Å²) in [5.74, 6) is 0.827. The van der Waals surface area contributed by atoms with Gasteiger partial charge in [-0.1, -0.05) is 18.2 Å². The highest BCUT2D eigenvalue weighted by molar-refractivity contribution is 5.95. The fourth-order valence-electron chi connectivity index (χ4n) is 2.60. The van der Waals surface area contributed by atoms with Crippen molar-refractivity contribution in [2.24, 2.45) is 0 Å². The summed E-state index contributed by atoms with van der Waals surface area (Å²) in [5.41, 5.74) is 4.77. The molecule has 1 aliphatic rings. The minimum atomic E-state index is -0.140. The van der Waals surface area contributed by atoms with Crippen molar-refractivity contribution >= 4 is 23.7 Å². The number of phenolic OH excluding ortho intramolecular Hbond substituents is 1. The Labute approximate surface area is 129 Å². The highest BCUT2D eigenvalue weighted by atomic mass is 16.5. The van der Waals surface area contributed by atoms with Crippen LogP contribution in [0.3, 0.4) is 0 Å². The Hall–Kier alpha value is -2.75. The summed E-state index contributed by atoms with van der Waals surface area (Å²) in [5, 5.41) is 12.4. The second-order valence-electron chi connectivity index (χ2n) is 5.42. The molecule has 0 bridgehead atoms. The highest BCUT2D eigenvalue weighted by Crippen LogP contribution is 2.29. The number of carbonyl (C=O) groups excluding carboxylic acids is 1. The molecule has 4 nitrogen and oxygen atoms in total. The molecule has 0 unspecified atom stereocenters. The van der Waals surface area contributed by atoms with Gasteiger partial charge in [0, 0.05) is 0 Å². The number of amides is 1. The van der Waals surface area contributed by atoms with Crippen LogP contribution in [-0.4, -0.2) is 17.6 Å². The van der Waals surface area contributed by atoms with E-state index < -0.39 is 0 Å². The van der Waals surface area contributed by atoms with E-state index in [9.17, 15) is 9.90 Å². The number of hydrogen-bond donors (Lipinski definition) is 2. The summed E-state index contributed by atoms with van der Waals surface area (Å²) in [4.78, 5) is 11.4. The number of aryl methyl sites for hydroxylation is 2. The molecule has 2 aromatic carbocycles. The van der Waals surface area contributed by atoms with Crippen molar-refractivity contribution in [3.05, 3.63) is 52.6 Å². The van der Waals surface area contributed by atoms with Gasteiger partial charge in [0.2, 0.25) is 0 Å². The molecule has 0 aromatic heterocycles. The van der Waals surface area contributed by atoms with Crippen LogP contribution >= 0.6 is 0 Å². The lowest BCUT2D eigenvalue weighted by Crippen LogP contribution is -2.25. The van der Waals surface area contributed by atoms with Crippen LogP contribution in [-0.2, 0) is 4.79 Å². The molecule has 0 atom stereocenters. The van der Waals surface area contributed by atoms with Crippen LogP contribution in [0.2, 0.25) is 0 Å². The van der Waals surface area contributed by atoms with Crippen LogP contribution < -0.4 is 10.1 Å². The van der Waals surface area contributed by atoms with E-state index in [0.717, 1.165) is 22.3 Å². The molecule has 0 fully saturated rings.